The van der Waals surface area contributed by atoms with Gasteiger partial charge >= 0.3 is 0 Å². The summed E-state index contributed by atoms with van der Waals surface area (Å²) in [5, 5.41) is 13.8. The molecule has 1 unspecified atom stereocenters. The van der Waals surface area contributed by atoms with Gasteiger partial charge in [-0.1, -0.05) is 11.2 Å². The fourth-order valence-corrected chi connectivity index (χ4v) is 3.67. The summed E-state index contributed by atoms with van der Waals surface area (Å²) in [5.41, 5.74) is 4.13. The number of aromatic nitrogens is 2. The Morgan fingerprint density at radius 3 is 2.78 bits per heavy atom. The molecule has 1 aliphatic heterocycles. The van der Waals surface area contributed by atoms with Gasteiger partial charge in [-0.3, -0.25) is 14.7 Å². The first-order chi connectivity index (χ1) is 12.9. The van der Waals surface area contributed by atoms with Crippen LogP contribution in [0.5, 0.6) is 0 Å². The fourth-order valence-electron chi connectivity index (χ4n) is 3.67. The number of hydrogen-bond acceptors (Lipinski definition) is 6. The van der Waals surface area contributed by atoms with Crippen LogP contribution in [0.3, 0.4) is 0 Å². The molecule has 27 heavy (non-hydrogen) atoms. The summed E-state index contributed by atoms with van der Waals surface area (Å²) in [6.45, 7) is 5.85. The van der Waals surface area contributed by atoms with Gasteiger partial charge in [0.1, 0.15) is 5.76 Å². The zero-order valence-electron chi connectivity index (χ0n) is 16.5. The number of aliphatic hydroxyl groups excluding tert-OH is 1. The summed E-state index contributed by atoms with van der Waals surface area (Å²) in [6.07, 6.45) is 2.08. The van der Waals surface area contributed by atoms with Crippen LogP contribution in [0.4, 0.5) is 0 Å². The van der Waals surface area contributed by atoms with Crippen molar-refractivity contribution < 1.29 is 14.4 Å². The second-order valence-electron chi connectivity index (χ2n) is 7.46. The zero-order chi connectivity index (χ0) is 19.6. The number of carbonyl (C=O) groups excluding carboxylic acids is 1. The average molecular weight is 372 g/mol. The lowest BCUT2D eigenvalue weighted by molar-refractivity contribution is -0.130. The summed E-state index contributed by atoms with van der Waals surface area (Å²) in [5.74, 6) is 1.09. The van der Waals surface area contributed by atoms with E-state index >= 15 is 0 Å². The predicted octanol–water partition coefficient (Wildman–Crippen LogP) is 2.11. The molecule has 0 radical (unpaired) electrons. The van der Waals surface area contributed by atoms with Crippen molar-refractivity contribution in [3.63, 3.8) is 0 Å². The molecule has 3 heterocycles. The molecule has 1 atom stereocenters. The van der Waals surface area contributed by atoms with E-state index in [0.717, 1.165) is 54.1 Å². The number of rotatable bonds is 5. The number of aryl methyl sites for hydroxylation is 2. The van der Waals surface area contributed by atoms with Gasteiger partial charge in [-0.05, 0) is 39.3 Å². The maximum atomic E-state index is 12.0. The Morgan fingerprint density at radius 2 is 2.15 bits per heavy atom. The Balaban J connectivity index is 1.87. The van der Waals surface area contributed by atoms with Crippen molar-refractivity contribution in [3.8, 4) is 11.3 Å². The maximum Gasteiger partial charge on any atom is 0.236 e. The molecule has 7 nitrogen and oxygen atoms in total. The van der Waals surface area contributed by atoms with Crippen molar-refractivity contribution in [3.05, 3.63) is 34.8 Å². The van der Waals surface area contributed by atoms with Crippen molar-refractivity contribution in [2.75, 3.05) is 33.7 Å². The second kappa shape index (κ2) is 8.19. The third-order valence-corrected chi connectivity index (χ3v) is 5.22. The van der Waals surface area contributed by atoms with Crippen LogP contribution in [0.1, 0.15) is 41.5 Å². The first kappa shape index (κ1) is 19.5. The smallest absolute Gasteiger partial charge is 0.236 e. The van der Waals surface area contributed by atoms with E-state index in [1.54, 1.807) is 19.0 Å². The van der Waals surface area contributed by atoms with Gasteiger partial charge in [0.05, 0.1) is 30.1 Å². The minimum Gasteiger partial charge on any atom is -0.392 e. The normalized spacial score (nSPS) is 17.9. The topological polar surface area (TPSA) is 82.7 Å². The summed E-state index contributed by atoms with van der Waals surface area (Å²) < 4.78 is 5.30. The van der Waals surface area contributed by atoms with E-state index in [1.165, 1.54) is 0 Å². The summed E-state index contributed by atoms with van der Waals surface area (Å²) in [6, 6.07) is 3.93. The molecule has 0 spiro atoms. The van der Waals surface area contributed by atoms with Gasteiger partial charge in [-0.15, -0.1) is 0 Å². The lowest BCUT2D eigenvalue weighted by Crippen LogP contribution is -2.41. The van der Waals surface area contributed by atoms with E-state index in [1.807, 2.05) is 26.0 Å². The zero-order valence-corrected chi connectivity index (χ0v) is 16.5. The van der Waals surface area contributed by atoms with Crippen molar-refractivity contribution in [1.82, 2.24) is 19.9 Å². The number of hydrogen-bond donors (Lipinski definition) is 1. The van der Waals surface area contributed by atoms with E-state index in [0.29, 0.717) is 12.3 Å². The van der Waals surface area contributed by atoms with Crippen LogP contribution in [-0.2, 0) is 11.4 Å². The number of carbonyl (C=O) groups is 1. The van der Waals surface area contributed by atoms with Crippen LogP contribution < -0.4 is 0 Å². The van der Waals surface area contributed by atoms with Gasteiger partial charge in [0.25, 0.3) is 0 Å². The molecule has 3 rings (SSSR count). The van der Waals surface area contributed by atoms with E-state index in [2.05, 4.69) is 10.1 Å². The second-order valence-corrected chi connectivity index (χ2v) is 7.46. The Morgan fingerprint density at radius 1 is 1.37 bits per heavy atom. The number of piperidine rings is 1. The van der Waals surface area contributed by atoms with Gasteiger partial charge in [-0.25, -0.2) is 0 Å². The summed E-state index contributed by atoms with van der Waals surface area (Å²) in [7, 11) is 3.57. The summed E-state index contributed by atoms with van der Waals surface area (Å²) >= 11 is 0. The molecule has 1 fully saturated rings. The standard InChI is InChI=1S/C20H28N4O3/c1-13-19(14(2)27-22-13)20-16(12-25)7-8-17(21-20)15-6-5-9-24(10-15)11-18(26)23(3)4/h7-8,15,25H,5-6,9-12H2,1-4H3. The molecule has 1 amide bonds. The highest BCUT2D eigenvalue weighted by atomic mass is 16.5. The summed E-state index contributed by atoms with van der Waals surface area (Å²) in [4.78, 5) is 20.8. The molecule has 1 N–H and O–H groups in total. The van der Waals surface area contributed by atoms with Crippen LogP contribution in [0.2, 0.25) is 0 Å². The minimum absolute atomic E-state index is 0.0825. The van der Waals surface area contributed by atoms with Crippen LogP contribution in [0.25, 0.3) is 11.3 Å². The highest BCUT2D eigenvalue weighted by Crippen LogP contribution is 2.32. The number of nitrogens with zero attached hydrogens (tertiary/aromatic N) is 4. The highest BCUT2D eigenvalue weighted by Gasteiger charge is 2.26. The molecule has 2 aromatic rings. The Kier molecular flexibility index (Phi) is 5.92. The van der Waals surface area contributed by atoms with Crippen LogP contribution in [0.15, 0.2) is 16.7 Å². The fraction of sp³-hybridized carbons (Fsp3) is 0.550. The molecule has 146 valence electrons. The lowest BCUT2D eigenvalue weighted by atomic mass is 9.93. The number of pyridine rings is 1. The third-order valence-electron chi connectivity index (χ3n) is 5.22. The van der Waals surface area contributed by atoms with Gasteiger partial charge in [0.15, 0.2) is 0 Å². The number of aliphatic hydroxyl groups is 1. The van der Waals surface area contributed by atoms with Crippen molar-refractivity contribution in [2.45, 2.75) is 39.2 Å². The lowest BCUT2D eigenvalue weighted by Gasteiger charge is -2.32. The predicted molar refractivity (Wildman–Crippen MR) is 102 cm³/mol. The maximum absolute atomic E-state index is 12.0. The molecule has 0 bridgehead atoms. The Hall–Kier alpha value is -2.25. The van der Waals surface area contributed by atoms with Gasteiger partial charge in [-0.2, -0.15) is 0 Å². The molecular weight excluding hydrogens is 344 g/mol. The number of likely N-dealkylation sites (N-methyl/N-ethyl adjacent to an activating group) is 1. The van der Waals surface area contributed by atoms with E-state index in [9.17, 15) is 9.90 Å². The molecule has 0 aliphatic carbocycles. The highest BCUT2D eigenvalue weighted by molar-refractivity contribution is 5.77. The largest absolute Gasteiger partial charge is 0.392 e. The first-order valence-corrected chi connectivity index (χ1v) is 9.37. The number of amides is 1. The monoisotopic (exact) mass is 372 g/mol. The Bertz CT molecular complexity index is 796. The molecular formula is C20H28N4O3. The van der Waals surface area contributed by atoms with E-state index in [-0.39, 0.29) is 18.4 Å². The average Bonchev–Trinajstić information content (AvgIpc) is 2.99. The van der Waals surface area contributed by atoms with E-state index < -0.39 is 0 Å². The molecule has 7 heteroatoms. The Labute approximate surface area is 160 Å². The quantitative estimate of drug-likeness (QED) is 0.866. The van der Waals surface area contributed by atoms with Gasteiger partial charge in [0.2, 0.25) is 5.91 Å². The SMILES string of the molecule is Cc1noc(C)c1-c1nc(C2CCCN(CC(=O)N(C)C)C2)ccc1CO. The third kappa shape index (κ3) is 4.20. The minimum atomic E-state index is -0.0825. The van der Waals surface area contributed by atoms with E-state index in [4.69, 9.17) is 9.51 Å². The van der Waals surface area contributed by atoms with Crippen molar-refractivity contribution >= 4 is 5.91 Å². The van der Waals surface area contributed by atoms with Crippen LogP contribution in [0, 0.1) is 13.8 Å². The molecule has 1 saturated heterocycles. The van der Waals surface area contributed by atoms with Gasteiger partial charge < -0.3 is 14.5 Å². The van der Waals surface area contributed by atoms with Crippen molar-refractivity contribution in [2.24, 2.45) is 0 Å². The molecule has 2 aromatic heterocycles. The molecule has 0 saturated carbocycles. The van der Waals surface area contributed by atoms with Crippen molar-refractivity contribution in [1.29, 1.82) is 0 Å². The first-order valence-electron chi connectivity index (χ1n) is 9.37. The number of likely N-dealkylation sites (tertiary alicyclic amines) is 1. The van der Waals surface area contributed by atoms with Gasteiger partial charge in [0, 0.05) is 37.8 Å². The van der Waals surface area contributed by atoms with Crippen LogP contribution in [-0.4, -0.2) is 64.7 Å². The molecule has 0 aromatic carbocycles. The van der Waals surface area contributed by atoms with Crippen LogP contribution >= 0.6 is 0 Å². The molecule has 1 aliphatic rings.